The van der Waals surface area contributed by atoms with Crippen LogP contribution in [0.5, 0.6) is 11.6 Å². The molecule has 1 aromatic carbocycles. The minimum Gasteiger partial charge on any atom is -0.497 e. The quantitative estimate of drug-likeness (QED) is 0.404. The molecule has 8 nitrogen and oxygen atoms in total. The average Bonchev–Trinajstić information content (AvgIpc) is 2.74. The Morgan fingerprint density at radius 1 is 1.20 bits per heavy atom. The molecule has 2 aromatic rings. The molecule has 0 saturated heterocycles. The summed E-state index contributed by atoms with van der Waals surface area (Å²) in [5, 5.41) is 20.2. The number of nitrogens with zero attached hydrogens (tertiary/aromatic N) is 1. The molecular weight excluding hydrogens is 386 g/mol. The molecule has 0 radical (unpaired) electrons. The molecule has 160 valence electrons. The molecule has 0 saturated carbocycles. The molecule has 1 aromatic heterocycles. The predicted octanol–water partition coefficient (Wildman–Crippen LogP) is 2.74. The predicted molar refractivity (Wildman–Crippen MR) is 114 cm³/mol. The molecule has 3 N–H and O–H groups in total. The van der Waals surface area contributed by atoms with Gasteiger partial charge in [0.25, 0.3) is 0 Å². The van der Waals surface area contributed by atoms with Gasteiger partial charge in [-0.3, -0.25) is 15.0 Å². The summed E-state index contributed by atoms with van der Waals surface area (Å²) in [5.74, 6) is 0.291. The number of aliphatic hydroxyl groups is 1. The molecule has 30 heavy (non-hydrogen) atoms. The van der Waals surface area contributed by atoms with E-state index in [4.69, 9.17) is 20.0 Å². The second-order valence-electron chi connectivity index (χ2n) is 7.60. The van der Waals surface area contributed by atoms with Crippen LogP contribution in [0.15, 0.2) is 36.5 Å². The Morgan fingerprint density at radius 2 is 1.93 bits per heavy atom. The maximum atomic E-state index is 12.8. The fraction of sp³-hybridized carbons (Fsp3) is 0.364. The normalized spacial score (nSPS) is 11.0. The fourth-order valence-electron chi connectivity index (χ4n) is 2.47. The highest BCUT2D eigenvalue weighted by Crippen LogP contribution is 2.25. The molecule has 2 rings (SSSR count). The Kier molecular flexibility index (Phi) is 7.66. The molecule has 0 aliphatic heterocycles. The van der Waals surface area contributed by atoms with Gasteiger partial charge >= 0.3 is 0 Å². The number of Topliss-reactive ketones (excluding diaryl/α,β-unsaturated/α-hetero) is 2. The van der Waals surface area contributed by atoms with E-state index in [1.807, 2.05) is 20.8 Å². The lowest BCUT2D eigenvalue weighted by Crippen LogP contribution is -2.28. The number of hydrogen-bond acceptors (Lipinski definition) is 8. The summed E-state index contributed by atoms with van der Waals surface area (Å²) < 4.78 is 10.4. The summed E-state index contributed by atoms with van der Waals surface area (Å²) in [7, 11) is 1.52. The van der Waals surface area contributed by atoms with Crippen molar-refractivity contribution in [3.05, 3.63) is 47.7 Å². The number of ether oxygens (including phenoxy) is 2. The zero-order valence-electron chi connectivity index (χ0n) is 17.6. The van der Waals surface area contributed by atoms with E-state index in [0.29, 0.717) is 17.0 Å². The van der Waals surface area contributed by atoms with Crippen molar-refractivity contribution in [3.8, 4) is 11.6 Å². The van der Waals surface area contributed by atoms with Gasteiger partial charge in [0.1, 0.15) is 18.1 Å². The number of carbonyl (C=O) groups excluding carboxylic acids is 2. The van der Waals surface area contributed by atoms with Crippen LogP contribution in [-0.2, 0) is 4.79 Å². The number of rotatable bonds is 10. The van der Waals surface area contributed by atoms with Gasteiger partial charge in [0.05, 0.1) is 20.3 Å². The molecule has 0 aliphatic carbocycles. The molecule has 0 amide bonds. The first-order chi connectivity index (χ1) is 14.2. The third kappa shape index (κ3) is 5.87. The van der Waals surface area contributed by atoms with E-state index in [1.54, 1.807) is 18.2 Å². The average molecular weight is 413 g/mol. The standard InChI is InChI=1S/C22H27N3O5/c1-22(2,3)18(27)13-24-17-11-15(29-4)6-7-16(17)20(23)21(28)14-5-8-19(25-12-14)30-10-9-26/h5-8,11-12,23-24,26H,9-10,13H2,1-4H3. The number of anilines is 1. The van der Waals surface area contributed by atoms with Gasteiger partial charge in [-0.05, 0) is 18.2 Å². The molecule has 0 unspecified atom stereocenters. The van der Waals surface area contributed by atoms with E-state index in [-0.39, 0.29) is 42.7 Å². The first-order valence-electron chi connectivity index (χ1n) is 9.46. The second-order valence-corrected chi connectivity index (χ2v) is 7.60. The molecule has 8 heteroatoms. The number of pyridine rings is 1. The zero-order chi connectivity index (χ0) is 22.3. The van der Waals surface area contributed by atoms with Crippen LogP contribution in [-0.4, -0.2) is 54.2 Å². The molecule has 0 aliphatic rings. The van der Waals surface area contributed by atoms with Crippen molar-refractivity contribution < 1.29 is 24.2 Å². The van der Waals surface area contributed by atoms with Crippen LogP contribution in [0.3, 0.4) is 0 Å². The maximum Gasteiger partial charge on any atom is 0.213 e. The maximum absolute atomic E-state index is 12.8. The van der Waals surface area contributed by atoms with Crippen molar-refractivity contribution in [3.63, 3.8) is 0 Å². The van der Waals surface area contributed by atoms with Gasteiger partial charge < -0.3 is 19.9 Å². The van der Waals surface area contributed by atoms with Crippen LogP contribution in [0.2, 0.25) is 0 Å². The molecule has 1 heterocycles. The summed E-state index contributed by atoms with van der Waals surface area (Å²) in [6, 6.07) is 7.92. The van der Waals surface area contributed by atoms with Crippen molar-refractivity contribution in [1.82, 2.24) is 4.98 Å². The lowest BCUT2D eigenvalue weighted by Gasteiger charge is -2.19. The number of carbonyl (C=O) groups is 2. The van der Waals surface area contributed by atoms with E-state index >= 15 is 0 Å². The van der Waals surface area contributed by atoms with Crippen LogP contribution >= 0.6 is 0 Å². The van der Waals surface area contributed by atoms with Crippen LogP contribution in [0, 0.1) is 10.8 Å². The van der Waals surface area contributed by atoms with Gasteiger partial charge in [-0.2, -0.15) is 0 Å². The summed E-state index contributed by atoms with van der Waals surface area (Å²) in [6.07, 6.45) is 1.32. The van der Waals surface area contributed by atoms with Gasteiger partial charge in [-0.1, -0.05) is 20.8 Å². The highest BCUT2D eigenvalue weighted by molar-refractivity contribution is 6.51. The highest BCUT2D eigenvalue weighted by atomic mass is 16.5. The van der Waals surface area contributed by atoms with Gasteiger partial charge in [0.15, 0.2) is 5.78 Å². The van der Waals surface area contributed by atoms with E-state index in [0.717, 1.165) is 0 Å². The summed E-state index contributed by atoms with van der Waals surface area (Å²) in [4.78, 5) is 29.1. The van der Waals surface area contributed by atoms with Crippen LogP contribution in [0.25, 0.3) is 0 Å². The Balaban J connectivity index is 2.25. The number of methoxy groups -OCH3 is 1. The number of nitrogens with one attached hydrogen (secondary N) is 2. The fourth-order valence-corrected chi connectivity index (χ4v) is 2.47. The van der Waals surface area contributed by atoms with Crippen LogP contribution in [0.4, 0.5) is 5.69 Å². The lowest BCUT2D eigenvalue weighted by atomic mass is 9.90. The summed E-state index contributed by atoms with van der Waals surface area (Å²) in [6.45, 7) is 5.51. The molecular formula is C22H27N3O5. The lowest BCUT2D eigenvalue weighted by molar-refractivity contribution is -0.124. The summed E-state index contributed by atoms with van der Waals surface area (Å²) >= 11 is 0. The van der Waals surface area contributed by atoms with Gasteiger partial charge in [0.2, 0.25) is 11.7 Å². The van der Waals surface area contributed by atoms with Gasteiger partial charge in [-0.25, -0.2) is 4.98 Å². The van der Waals surface area contributed by atoms with E-state index in [9.17, 15) is 9.59 Å². The molecule has 0 spiro atoms. The highest BCUT2D eigenvalue weighted by Gasteiger charge is 2.23. The van der Waals surface area contributed by atoms with Crippen molar-refractivity contribution in [2.75, 3.05) is 32.2 Å². The zero-order valence-corrected chi connectivity index (χ0v) is 17.6. The molecule has 0 bridgehead atoms. The Hall–Kier alpha value is -3.26. The van der Waals surface area contributed by atoms with E-state index < -0.39 is 11.2 Å². The first-order valence-corrected chi connectivity index (χ1v) is 9.46. The minimum absolute atomic E-state index is 0.00297. The van der Waals surface area contributed by atoms with E-state index in [2.05, 4.69) is 10.3 Å². The largest absolute Gasteiger partial charge is 0.497 e. The van der Waals surface area contributed by atoms with Gasteiger partial charge in [-0.15, -0.1) is 0 Å². The number of aliphatic hydroxyl groups excluding tert-OH is 1. The Bertz CT molecular complexity index is 917. The monoisotopic (exact) mass is 413 g/mol. The molecule has 0 atom stereocenters. The first kappa shape index (κ1) is 23.0. The number of hydrogen-bond donors (Lipinski definition) is 3. The Morgan fingerprint density at radius 3 is 2.50 bits per heavy atom. The number of ketones is 2. The second kappa shape index (κ2) is 9.98. The van der Waals surface area contributed by atoms with Crippen LogP contribution < -0.4 is 14.8 Å². The summed E-state index contributed by atoms with van der Waals surface area (Å²) in [5.41, 5.74) is 0.281. The number of benzene rings is 1. The Labute approximate surface area is 175 Å². The SMILES string of the molecule is COc1ccc(C(=N)C(=O)c2ccc(OCCO)nc2)c(NCC(=O)C(C)(C)C)c1. The van der Waals surface area contributed by atoms with Gasteiger partial charge in [0, 0.05) is 40.6 Å². The minimum atomic E-state index is -0.522. The van der Waals surface area contributed by atoms with Crippen molar-refractivity contribution in [2.24, 2.45) is 5.41 Å². The third-order valence-electron chi connectivity index (χ3n) is 4.34. The number of aromatic nitrogens is 1. The molecule has 0 fully saturated rings. The smallest absolute Gasteiger partial charge is 0.213 e. The third-order valence-corrected chi connectivity index (χ3v) is 4.34. The topological polar surface area (TPSA) is 122 Å². The van der Waals surface area contributed by atoms with Crippen LogP contribution in [0.1, 0.15) is 36.7 Å². The van der Waals surface area contributed by atoms with Crippen molar-refractivity contribution >= 4 is 23.0 Å². The van der Waals surface area contributed by atoms with E-state index in [1.165, 1.54) is 25.4 Å². The van der Waals surface area contributed by atoms with Crippen molar-refractivity contribution in [2.45, 2.75) is 20.8 Å². The van der Waals surface area contributed by atoms with Crippen molar-refractivity contribution in [1.29, 1.82) is 5.41 Å².